The standard InChI is InChI=1S/C13H23N3/c1-6-14-7-2-12(1)3-8-15-9-4-13-5-10-16-11-13/h5,10-12,14-16H,1-4,6-9H2. The van der Waals surface area contributed by atoms with Crippen LogP contribution in [-0.2, 0) is 6.42 Å². The molecule has 3 nitrogen and oxygen atoms in total. The second-order valence-electron chi connectivity index (χ2n) is 4.70. The molecule has 0 aliphatic carbocycles. The van der Waals surface area contributed by atoms with Crippen molar-refractivity contribution in [2.75, 3.05) is 26.2 Å². The second-order valence-corrected chi connectivity index (χ2v) is 4.70. The molecule has 0 bridgehead atoms. The van der Waals surface area contributed by atoms with Gasteiger partial charge in [0.05, 0.1) is 0 Å². The molecule has 0 saturated carbocycles. The zero-order valence-electron chi connectivity index (χ0n) is 9.97. The van der Waals surface area contributed by atoms with E-state index in [1.54, 1.807) is 0 Å². The molecule has 1 fully saturated rings. The number of rotatable bonds is 6. The van der Waals surface area contributed by atoms with Crippen LogP contribution in [0.2, 0.25) is 0 Å². The van der Waals surface area contributed by atoms with E-state index >= 15 is 0 Å². The van der Waals surface area contributed by atoms with E-state index in [-0.39, 0.29) is 0 Å². The number of piperidine rings is 1. The van der Waals surface area contributed by atoms with Gasteiger partial charge in [0.1, 0.15) is 0 Å². The Bertz CT molecular complexity index is 263. The minimum Gasteiger partial charge on any atom is -0.367 e. The number of hydrogen-bond donors (Lipinski definition) is 3. The van der Waals surface area contributed by atoms with Crippen molar-refractivity contribution in [3.8, 4) is 0 Å². The van der Waals surface area contributed by atoms with Crippen LogP contribution in [0.5, 0.6) is 0 Å². The summed E-state index contributed by atoms with van der Waals surface area (Å²) in [5.41, 5.74) is 1.40. The van der Waals surface area contributed by atoms with Gasteiger partial charge in [-0.05, 0) is 69.4 Å². The van der Waals surface area contributed by atoms with Gasteiger partial charge in [-0.3, -0.25) is 0 Å². The van der Waals surface area contributed by atoms with Gasteiger partial charge in [-0.2, -0.15) is 0 Å². The first kappa shape index (κ1) is 11.7. The molecule has 1 aromatic heterocycles. The van der Waals surface area contributed by atoms with Gasteiger partial charge in [0.2, 0.25) is 0 Å². The molecule has 1 saturated heterocycles. The summed E-state index contributed by atoms with van der Waals surface area (Å²) in [4.78, 5) is 3.09. The Kier molecular flexibility index (Phi) is 4.90. The molecule has 90 valence electrons. The van der Waals surface area contributed by atoms with Gasteiger partial charge in [0, 0.05) is 12.4 Å². The summed E-state index contributed by atoms with van der Waals surface area (Å²) < 4.78 is 0. The normalized spacial score (nSPS) is 17.8. The van der Waals surface area contributed by atoms with Crippen LogP contribution in [0.1, 0.15) is 24.8 Å². The summed E-state index contributed by atoms with van der Waals surface area (Å²) >= 11 is 0. The molecular weight excluding hydrogens is 198 g/mol. The maximum atomic E-state index is 3.54. The van der Waals surface area contributed by atoms with Gasteiger partial charge in [0.15, 0.2) is 0 Å². The van der Waals surface area contributed by atoms with Crippen LogP contribution in [-0.4, -0.2) is 31.2 Å². The lowest BCUT2D eigenvalue weighted by molar-refractivity contribution is 0.349. The lowest BCUT2D eigenvalue weighted by Crippen LogP contribution is -2.30. The Morgan fingerprint density at radius 3 is 2.88 bits per heavy atom. The van der Waals surface area contributed by atoms with Crippen molar-refractivity contribution < 1.29 is 0 Å². The Hall–Kier alpha value is -0.800. The first-order valence-electron chi connectivity index (χ1n) is 6.48. The highest BCUT2D eigenvalue weighted by Gasteiger charge is 2.11. The fourth-order valence-corrected chi connectivity index (χ4v) is 2.35. The molecule has 0 radical (unpaired) electrons. The van der Waals surface area contributed by atoms with Crippen LogP contribution in [0.15, 0.2) is 18.5 Å². The van der Waals surface area contributed by atoms with E-state index in [0.717, 1.165) is 18.9 Å². The van der Waals surface area contributed by atoms with E-state index in [0.29, 0.717) is 0 Å². The number of aromatic amines is 1. The molecule has 3 N–H and O–H groups in total. The summed E-state index contributed by atoms with van der Waals surface area (Å²) in [6.45, 7) is 4.71. The van der Waals surface area contributed by atoms with E-state index in [1.807, 2.05) is 6.20 Å². The van der Waals surface area contributed by atoms with E-state index in [2.05, 4.69) is 27.9 Å². The molecule has 2 rings (SSSR count). The number of nitrogens with one attached hydrogen (secondary N) is 3. The lowest BCUT2D eigenvalue weighted by atomic mass is 9.95. The third-order valence-electron chi connectivity index (χ3n) is 3.44. The van der Waals surface area contributed by atoms with Gasteiger partial charge in [-0.1, -0.05) is 0 Å². The maximum absolute atomic E-state index is 3.54. The van der Waals surface area contributed by atoms with Crippen molar-refractivity contribution in [2.45, 2.75) is 25.7 Å². The van der Waals surface area contributed by atoms with Crippen LogP contribution < -0.4 is 10.6 Å². The fraction of sp³-hybridized carbons (Fsp3) is 0.692. The predicted octanol–water partition coefficient (Wildman–Crippen LogP) is 1.54. The average Bonchev–Trinajstić information content (AvgIpc) is 2.83. The summed E-state index contributed by atoms with van der Waals surface area (Å²) in [5.74, 6) is 0.945. The molecule has 0 atom stereocenters. The molecule has 2 heterocycles. The van der Waals surface area contributed by atoms with Gasteiger partial charge < -0.3 is 15.6 Å². The van der Waals surface area contributed by atoms with E-state index in [1.165, 1.54) is 44.5 Å². The molecule has 1 aliphatic rings. The smallest absolute Gasteiger partial charge is 0.00378 e. The van der Waals surface area contributed by atoms with Crippen LogP contribution in [0, 0.1) is 5.92 Å². The zero-order chi connectivity index (χ0) is 11.1. The predicted molar refractivity (Wildman–Crippen MR) is 67.6 cm³/mol. The minimum absolute atomic E-state index is 0.945. The average molecular weight is 221 g/mol. The third kappa shape index (κ3) is 3.99. The molecule has 1 aliphatic heterocycles. The topological polar surface area (TPSA) is 39.8 Å². The SMILES string of the molecule is c1cc(CCNCCC2CCNCC2)c[nH]1. The van der Waals surface area contributed by atoms with Crippen molar-refractivity contribution in [1.82, 2.24) is 15.6 Å². The monoisotopic (exact) mass is 221 g/mol. The quantitative estimate of drug-likeness (QED) is 0.638. The maximum Gasteiger partial charge on any atom is 0.00378 e. The van der Waals surface area contributed by atoms with Gasteiger partial charge >= 0.3 is 0 Å². The second kappa shape index (κ2) is 6.71. The first-order valence-corrected chi connectivity index (χ1v) is 6.48. The summed E-state index contributed by atoms with van der Waals surface area (Å²) in [6.07, 6.45) is 9.27. The largest absolute Gasteiger partial charge is 0.367 e. The Morgan fingerprint density at radius 2 is 2.12 bits per heavy atom. The third-order valence-corrected chi connectivity index (χ3v) is 3.44. The van der Waals surface area contributed by atoms with Crippen molar-refractivity contribution in [3.05, 3.63) is 24.0 Å². The molecule has 1 aromatic rings. The molecule has 0 unspecified atom stereocenters. The zero-order valence-corrected chi connectivity index (χ0v) is 9.97. The molecule has 16 heavy (non-hydrogen) atoms. The van der Waals surface area contributed by atoms with Crippen molar-refractivity contribution >= 4 is 0 Å². The van der Waals surface area contributed by atoms with Crippen molar-refractivity contribution in [1.29, 1.82) is 0 Å². The summed E-state index contributed by atoms with van der Waals surface area (Å²) in [6, 6.07) is 2.15. The number of H-pyrrole nitrogens is 1. The molecular formula is C13H23N3. The van der Waals surface area contributed by atoms with Gasteiger partial charge in [-0.15, -0.1) is 0 Å². The highest BCUT2D eigenvalue weighted by Crippen LogP contribution is 2.14. The van der Waals surface area contributed by atoms with Crippen LogP contribution in [0.4, 0.5) is 0 Å². The van der Waals surface area contributed by atoms with Crippen LogP contribution in [0.3, 0.4) is 0 Å². The fourth-order valence-electron chi connectivity index (χ4n) is 2.35. The Balaban J connectivity index is 1.48. The molecule has 0 spiro atoms. The van der Waals surface area contributed by atoms with Crippen molar-refractivity contribution in [2.24, 2.45) is 5.92 Å². The van der Waals surface area contributed by atoms with Gasteiger partial charge in [0.25, 0.3) is 0 Å². The van der Waals surface area contributed by atoms with E-state index in [4.69, 9.17) is 0 Å². The number of aromatic nitrogens is 1. The van der Waals surface area contributed by atoms with E-state index in [9.17, 15) is 0 Å². The molecule has 0 amide bonds. The summed E-state index contributed by atoms with van der Waals surface area (Å²) in [5, 5.41) is 6.95. The molecule has 3 heteroatoms. The van der Waals surface area contributed by atoms with Crippen molar-refractivity contribution in [3.63, 3.8) is 0 Å². The van der Waals surface area contributed by atoms with Gasteiger partial charge in [-0.25, -0.2) is 0 Å². The Labute approximate surface area is 98.0 Å². The minimum atomic E-state index is 0.945. The lowest BCUT2D eigenvalue weighted by Gasteiger charge is -2.22. The first-order chi connectivity index (χ1) is 7.95. The highest BCUT2D eigenvalue weighted by atomic mass is 14.9. The number of hydrogen-bond acceptors (Lipinski definition) is 2. The van der Waals surface area contributed by atoms with E-state index < -0.39 is 0 Å². The van der Waals surface area contributed by atoms with Crippen LogP contribution in [0.25, 0.3) is 0 Å². The van der Waals surface area contributed by atoms with Crippen LogP contribution >= 0.6 is 0 Å². The summed E-state index contributed by atoms with van der Waals surface area (Å²) in [7, 11) is 0. The highest BCUT2D eigenvalue weighted by molar-refractivity contribution is 5.08. The molecule has 0 aromatic carbocycles. The Morgan fingerprint density at radius 1 is 1.25 bits per heavy atom.